The third-order valence-electron chi connectivity index (χ3n) is 2.79. The Kier molecular flexibility index (Phi) is 3.06. The number of imidazole rings is 1. The Morgan fingerprint density at radius 3 is 2.68 bits per heavy atom. The number of benzene rings is 2. The normalized spacial score (nSPS) is 11.1. The highest BCUT2D eigenvalue weighted by Gasteiger charge is 2.13. The van der Waals surface area contributed by atoms with Crippen molar-refractivity contribution in [1.29, 1.82) is 0 Å². The highest BCUT2D eigenvalue weighted by molar-refractivity contribution is 9.11. The zero-order valence-electron chi connectivity index (χ0n) is 9.57. The zero-order valence-corrected chi connectivity index (χ0v) is 12.7. The lowest BCUT2D eigenvalue weighted by Crippen LogP contribution is -2.01. The van der Waals surface area contributed by atoms with E-state index in [-0.39, 0.29) is 5.82 Å². The van der Waals surface area contributed by atoms with Gasteiger partial charge < -0.3 is 5.73 Å². The van der Waals surface area contributed by atoms with E-state index in [0.717, 1.165) is 20.1 Å². The number of anilines is 1. The number of nitrogen functional groups attached to an aromatic ring is 1. The van der Waals surface area contributed by atoms with Gasteiger partial charge in [0, 0.05) is 15.0 Å². The average Bonchev–Trinajstić information content (AvgIpc) is 2.67. The molecular weight excluding hydrogens is 377 g/mol. The van der Waals surface area contributed by atoms with Gasteiger partial charge in [-0.05, 0) is 46.3 Å². The van der Waals surface area contributed by atoms with Gasteiger partial charge in [-0.15, -0.1) is 0 Å². The number of hydrogen-bond acceptors (Lipinski definition) is 2. The monoisotopic (exact) mass is 383 g/mol. The van der Waals surface area contributed by atoms with Crippen molar-refractivity contribution in [2.45, 2.75) is 0 Å². The Labute approximate surface area is 125 Å². The molecule has 0 saturated carbocycles. The second-order valence-electron chi connectivity index (χ2n) is 4.03. The highest BCUT2D eigenvalue weighted by atomic mass is 79.9. The summed E-state index contributed by atoms with van der Waals surface area (Å²) in [6.45, 7) is 0. The largest absolute Gasteiger partial charge is 0.369 e. The van der Waals surface area contributed by atoms with Crippen LogP contribution in [0.4, 0.5) is 10.3 Å². The van der Waals surface area contributed by atoms with Crippen molar-refractivity contribution in [3.63, 3.8) is 0 Å². The molecule has 0 amide bonds. The maximum atomic E-state index is 13.2. The van der Waals surface area contributed by atoms with Crippen LogP contribution < -0.4 is 5.73 Å². The molecule has 6 heteroatoms. The number of nitrogens with two attached hydrogens (primary N) is 1. The SMILES string of the molecule is Nc1nc2cc(F)ccc2n1-c1cc(Br)ccc1Br. The van der Waals surface area contributed by atoms with Crippen LogP contribution >= 0.6 is 31.9 Å². The van der Waals surface area contributed by atoms with Crippen LogP contribution in [-0.4, -0.2) is 9.55 Å². The second kappa shape index (κ2) is 4.61. The van der Waals surface area contributed by atoms with Gasteiger partial charge in [-0.1, -0.05) is 15.9 Å². The van der Waals surface area contributed by atoms with E-state index in [1.165, 1.54) is 12.1 Å². The maximum Gasteiger partial charge on any atom is 0.205 e. The van der Waals surface area contributed by atoms with Crippen LogP contribution in [0.2, 0.25) is 0 Å². The minimum absolute atomic E-state index is 0.319. The topological polar surface area (TPSA) is 43.8 Å². The lowest BCUT2D eigenvalue weighted by molar-refractivity contribution is 0.629. The van der Waals surface area contributed by atoms with Gasteiger partial charge in [0.25, 0.3) is 0 Å². The molecule has 0 spiro atoms. The predicted molar refractivity (Wildman–Crippen MR) is 80.8 cm³/mol. The molecule has 0 aliphatic heterocycles. The molecule has 0 aliphatic rings. The number of aromatic nitrogens is 2. The summed E-state index contributed by atoms with van der Waals surface area (Å²) < 4.78 is 16.8. The summed E-state index contributed by atoms with van der Waals surface area (Å²) in [5, 5.41) is 0. The smallest absolute Gasteiger partial charge is 0.205 e. The third-order valence-corrected chi connectivity index (χ3v) is 3.96. The Hall–Kier alpha value is -1.40. The molecule has 2 N–H and O–H groups in total. The van der Waals surface area contributed by atoms with Gasteiger partial charge in [-0.3, -0.25) is 4.57 Å². The molecule has 3 nitrogen and oxygen atoms in total. The number of nitrogens with zero attached hydrogens (tertiary/aromatic N) is 2. The minimum Gasteiger partial charge on any atom is -0.369 e. The molecule has 2 aromatic carbocycles. The van der Waals surface area contributed by atoms with Gasteiger partial charge in [0.05, 0.1) is 16.7 Å². The summed E-state index contributed by atoms with van der Waals surface area (Å²) >= 11 is 6.91. The lowest BCUT2D eigenvalue weighted by atomic mass is 10.2. The predicted octanol–water partition coefficient (Wildman–Crippen LogP) is 4.27. The Morgan fingerprint density at radius 1 is 1.11 bits per heavy atom. The Morgan fingerprint density at radius 2 is 1.89 bits per heavy atom. The van der Waals surface area contributed by atoms with Gasteiger partial charge in [-0.2, -0.15) is 0 Å². The van der Waals surface area contributed by atoms with Crippen LogP contribution in [-0.2, 0) is 0 Å². The van der Waals surface area contributed by atoms with Crippen LogP contribution in [0.1, 0.15) is 0 Å². The first kappa shape index (κ1) is 12.6. The van der Waals surface area contributed by atoms with E-state index in [1.807, 2.05) is 18.2 Å². The third kappa shape index (κ3) is 2.15. The van der Waals surface area contributed by atoms with Crippen molar-refractivity contribution in [3.8, 4) is 5.69 Å². The molecular formula is C13H8Br2FN3. The van der Waals surface area contributed by atoms with E-state index in [1.54, 1.807) is 10.6 Å². The summed E-state index contributed by atoms with van der Waals surface area (Å²) in [5.41, 5.74) is 8.09. The number of rotatable bonds is 1. The molecule has 19 heavy (non-hydrogen) atoms. The van der Waals surface area contributed by atoms with Crippen molar-refractivity contribution in [1.82, 2.24) is 9.55 Å². The summed E-state index contributed by atoms with van der Waals surface area (Å²) in [7, 11) is 0. The summed E-state index contributed by atoms with van der Waals surface area (Å²) in [4.78, 5) is 4.19. The molecule has 1 aromatic heterocycles. The molecule has 0 radical (unpaired) electrons. The van der Waals surface area contributed by atoms with Gasteiger partial charge in [0.2, 0.25) is 5.95 Å². The van der Waals surface area contributed by atoms with Gasteiger partial charge >= 0.3 is 0 Å². The number of hydrogen-bond donors (Lipinski definition) is 1. The molecule has 0 saturated heterocycles. The van der Waals surface area contributed by atoms with Gasteiger partial charge in [-0.25, -0.2) is 9.37 Å². The molecule has 3 aromatic rings. The van der Waals surface area contributed by atoms with Crippen molar-refractivity contribution in [2.24, 2.45) is 0 Å². The molecule has 1 heterocycles. The fourth-order valence-corrected chi connectivity index (χ4v) is 2.76. The standard InChI is InChI=1S/C13H8Br2FN3/c14-7-1-3-9(15)12(5-7)19-11-4-2-8(16)6-10(11)18-13(19)17/h1-6H,(H2,17,18). The second-order valence-corrected chi connectivity index (χ2v) is 5.80. The van der Waals surface area contributed by atoms with Gasteiger partial charge in [0.15, 0.2) is 0 Å². The molecule has 0 fully saturated rings. The van der Waals surface area contributed by atoms with E-state index in [9.17, 15) is 4.39 Å². The van der Waals surface area contributed by atoms with Crippen molar-refractivity contribution in [2.75, 3.05) is 5.73 Å². The van der Waals surface area contributed by atoms with E-state index in [0.29, 0.717) is 11.5 Å². The Bertz CT molecular complexity index is 783. The van der Waals surface area contributed by atoms with Gasteiger partial charge in [0.1, 0.15) is 5.82 Å². The van der Waals surface area contributed by atoms with Crippen molar-refractivity contribution in [3.05, 3.63) is 51.2 Å². The first-order valence-electron chi connectivity index (χ1n) is 5.45. The first-order chi connectivity index (χ1) is 9.06. The van der Waals surface area contributed by atoms with E-state index in [2.05, 4.69) is 36.8 Å². The fraction of sp³-hybridized carbons (Fsp3) is 0. The first-order valence-corrected chi connectivity index (χ1v) is 7.04. The molecule has 3 rings (SSSR count). The molecule has 0 aliphatic carbocycles. The summed E-state index contributed by atoms with van der Waals surface area (Å²) in [6.07, 6.45) is 0. The van der Waals surface area contributed by atoms with Crippen molar-refractivity contribution < 1.29 is 4.39 Å². The van der Waals surface area contributed by atoms with Crippen LogP contribution in [0.5, 0.6) is 0 Å². The molecule has 96 valence electrons. The maximum absolute atomic E-state index is 13.2. The van der Waals surface area contributed by atoms with Crippen LogP contribution in [0.15, 0.2) is 45.3 Å². The molecule has 0 bridgehead atoms. The average molecular weight is 385 g/mol. The van der Waals surface area contributed by atoms with Crippen molar-refractivity contribution >= 4 is 48.8 Å². The number of halogens is 3. The zero-order chi connectivity index (χ0) is 13.6. The fourth-order valence-electron chi connectivity index (χ4n) is 1.98. The minimum atomic E-state index is -0.328. The van der Waals surface area contributed by atoms with E-state index >= 15 is 0 Å². The Balaban J connectivity index is 2.36. The van der Waals surface area contributed by atoms with Crippen LogP contribution in [0, 0.1) is 5.82 Å². The summed E-state index contributed by atoms with van der Waals surface area (Å²) in [6, 6.07) is 10.2. The molecule has 0 atom stereocenters. The lowest BCUT2D eigenvalue weighted by Gasteiger charge is -2.09. The van der Waals surface area contributed by atoms with Crippen LogP contribution in [0.25, 0.3) is 16.7 Å². The van der Waals surface area contributed by atoms with E-state index in [4.69, 9.17) is 5.73 Å². The summed E-state index contributed by atoms with van der Waals surface area (Å²) in [5.74, 6) is -0.00939. The highest BCUT2D eigenvalue weighted by Crippen LogP contribution is 2.30. The number of fused-ring (bicyclic) bond motifs is 1. The molecule has 0 unspecified atom stereocenters. The quantitative estimate of drug-likeness (QED) is 0.680. The van der Waals surface area contributed by atoms with Crippen LogP contribution in [0.3, 0.4) is 0 Å². The van der Waals surface area contributed by atoms with E-state index < -0.39 is 0 Å².